The van der Waals surface area contributed by atoms with E-state index in [2.05, 4.69) is 10.5 Å². The summed E-state index contributed by atoms with van der Waals surface area (Å²) in [6, 6.07) is 14.1. The molecule has 120 valence electrons. The topological polar surface area (TPSA) is 80.2 Å². The van der Waals surface area contributed by atoms with Crippen molar-refractivity contribution in [2.45, 2.75) is 6.10 Å². The summed E-state index contributed by atoms with van der Waals surface area (Å²) in [6.45, 7) is 0. The Kier molecular flexibility index (Phi) is 5.71. The molecule has 2 aromatic rings. The van der Waals surface area contributed by atoms with Crippen molar-refractivity contribution in [2.24, 2.45) is 5.10 Å². The summed E-state index contributed by atoms with van der Waals surface area (Å²) in [5, 5.41) is 13.8. The summed E-state index contributed by atoms with van der Waals surface area (Å²) in [5.41, 5.74) is 3.56. The molecule has 0 unspecified atom stereocenters. The lowest BCUT2D eigenvalue weighted by Crippen LogP contribution is -2.26. The molecule has 0 aliphatic carbocycles. The zero-order chi connectivity index (χ0) is 16.7. The molecular formula is C17H18N2O4. The van der Waals surface area contributed by atoms with Crippen molar-refractivity contribution in [1.82, 2.24) is 5.43 Å². The fourth-order valence-corrected chi connectivity index (χ4v) is 2.05. The van der Waals surface area contributed by atoms with Crippen LogP contribution in [0.4, 0.5) is 0 Å². The number of ether oxygens (including phenoxy) is 2. The minimum atomic E-state index is -0.757. The Hall–Kier alpha value is -2.86. The van der Waals surface area contributed by atoms with Gasteiger partial charge in [-0.3, -0.25) is 4.79 Å². The number of benzene rings is 2. The van der Waals surface area contributed by atoms with Crippen LogP contribution in [0.2, 0.25) is 0 Å². The van der Waals surface area contributed by atoms with Gasteiger partial charge in [-0.25, -0.2) is 5.43 Å². The van der Waals surface area contributed by atoms with Gasteiger partial charge < -0.3 is 14.6 Å². The lowest BCUT2D eigenvalue weighted by atomic mass is 10.1. The molecule has 0 saturated heterocycles. The smallest absolute Gasteiger partial charge is 0.273 e. The van der Waals surface area contributed by atoms with Crippen LogP contribution in [0.5, 0.6) is 11.5 Å². The average Bonchev–Trinajstić information content (AvgIpc) is 2.58. The maximum atomic E-state index is 12.1. The molecule has 0 aliphatic rings. The van der Waals surface area contributed by atoms with Crippen molar-refractivity contribution in [3.8, 4) is 11.5 Å². The van der Waals surface area contributed by atoms with E-state index in [9.17, 15) is 9.90 Å². The zero-order valence-electron chi connectivity index (χ0n) is 12.9. The van der Waals surface area contributed by atoms with Gasteiger partial charge in [0.1, 0.15) is 0 Å². The number of amides is 1. The van der Waals surface area contributed by atoms with E-state index in [4.69, 9.17) is 9.47 Å². The van der Waals surface area contributed by atoms with Gasteiger partial charge in [-0.15, -0.1) is 0 Å². The SMILES string of the molecule is COc1cccc(/C=N\NC(=O)[C@@H](OC)c2ccccc2)c1O. The quantitative estimate of drug-likeness (QED) is 0.633. The molecule has 6 heteroatoms. The first kappa shape index (κ1) is 16.5. The van der Waals surface area contributed by atoms with Gasteiger partial charge in [0, 0.05) is 12.7 Å². The molecule has 1 amide bonds. The first-order chi connectivity index (χ1) is 11.2. The Morgan fingerprint density at radius 3 is 2.57 bits per heavy atom. The minimum absolute atomic E-state index is 0.0423. The van der Waals surface area contributed by atoms with Crippen molar-refractivity contribution in [2.75, 3.05) is 14.2 Å². The van der Waals surface area contributed by atoms with Gasteiger partial charge in [-0.1, -0.05) is 36.4 Å². The van der Waals surface area contributed by atoms with Gasteiger partial charge in [0.25, 0.3) is 5.91 Å². The summed E-state index contributed by atoms with van der Waals surface area (Å²) in [7, 11) is 2.91. The number of hydrazone groups is 1. The number of hydrogen-bond acceptors (Lipinski definition) is 5. The van der Waals surface area contributed by atoms with Gasteiger partial charge in [-0.05, 0) is 17.7 Å². The number of carbonyl (C=O) groups is 1. The number of methoxy groups -OCH3 is 2. The van der Waals surface area contributed by atoms with E-state index in [0.29, 0.717) is 11.3 Å². The standard InChI is InChI=1S/C17H18N2O4/c1-22-14-10-6-9-13(15(14)20)11-18-19-17(21)16(23-2)12-7-4-3-5-8-12/h3-11,16,20H,1-2H3,(H,19,21)/b18-11-/t16-/m0/s1. The number of rotatable bonds is 6. The van der Waals surface area contributed by atoms with Crippen molar-refractivity contribution in [3.63, 3.8) is 0 Å². The van der Waals surface area contributed by atoms with Crippen molar-refractivity contribution < 1.29 is 19.4 Å². The van der Waals surface area contributed by atoms with E-state index >= 15 is 0 Å². The summed E-state index contributed by atoms with van der Waals surface area (Å²) in [4.78, 5) is 12.1. The molecule has 0 fully saturated rings. The van der Waals surface area contributed by atoms with Crippen LogP contribution in [-0.4, -0.2) is 31.4 Å². The van der Waals surface area contributed by atoms with Crippen LogP contribution in [-0.2, 0) is 9.53 Å². The van der Waals surface area contributed by atoms with Crippen LogP contribution in [0.25, 0.3) is 0 Å². The van der Waals surface area contributed by atoms with Crippen LogP contribution in [0.15, 0.2) is 53.6 Å². The summed E-state index contributed by atoms with van der Waals surface area (Å²) in [5.74, 6) is -0.115. The summed E-state index contributed by atoms with van der Waals surface area (Å²) < 4.78 is 10.2. The molecule has 0 heterocycles. The highest BCUT2D eigenvalue weighted by molar-refractivity contribution is 5.87. The Morgan fingerprint density at radius 1 is 1.17 bits per heavy atom. The molecule has 0 aromatic heterocycles. The molecule has 2 aromatic carbocycles. The third-order valence-corrected chi connectivity index (χ3v) is 3.20. The van der Waals surface area contributed by atoms with Crippen LogP contribution < -0.4 is 10.2 Å². The van der Waals surface area contributed by atoms with Gasteiger partial charge in [0.15, 0.2) is 17.6 Å². The van der Waals surface area contributed by atoms with E-state index in [1.54, 1.807) is 30.3 Å². The first-order valence-electron chi connectivity index (χ1n) is 6.94. The lowest BCUT2D eigenvalue weighted by molar-refractivity contribution is -0.131. The van der Waals surface area contributed by atoms with Crippen LogP contribution in [0.3, 0.4) is 0 Å². The molecule has 6 nitrogen and oxygen atoms in total. The van der Waals surface area contributed by atoms with Crippen LogP contribution >= 0.6 is 0 Å². The number of carbonyl (C=O) groups excluding carboxylic acids is 1. The molecule has 2 rings (SSSR count). The van der Waals surface area contributed by atoms with Crippen molar-refractivity contribution in [1.29, 1.82) is 0 Å². The molecule has 0 saturated carbocycles. The fourth-order valence-electron chi connectivity index (χ4n) is 2.05. The third-order valence-electron chi connectivity index (χ3n) is 3.20. The third kappa shape index (κ3) is 4.08. The van der Waals surface area contributed by atoms with Gasteiger partial charge in [0.05, 0.1) is 13.3 Å². The normalized spacial score (nSPS) is 12.1. The molecule has 0 spiro atoms. The second kappa shape index (κ2) is 7.95. The number of phenolic OH excluding ortho intramolecular Hbond substituents is 1. The first-order valence-corrected chi connectivity index (χ1v) is 6.94. The minimum Gasteiger partial charge on any atom is -0.504 e. The number of para-hydroxylation sites is 1. The van der Waals surface area contributed by atoms with E-state index in [1.165, 1.54) is 20.4 Å². The molecule has 0 aliphatic heterocycles. The van der Waals surface area contributed by atoms with Crippen molar-refractivity contribution >= 4 is 12.1 Å². The largest absolute Gasteiger partial charge is 0.504 e. The Bertz CT molecular complexity index is 686. The highest BCUT2D eigenvalue weighted by Gasteiger charge is 2.19. The fraction of sp³-hybridized carbons (Fsp3) is 0.176. The predicted molar refractivity (Wildman–Crippen MR) is 86.6 cm³/mol. The number of hydrogen-bond donors (Lipinski definition) is 2. The molecule has 0 bridgehead atoms. The maximum absolute atomic E-state index is 12.1. The van der Waals surface area contributed by atoms with Crippen molar-refractivity contribution in [3.05, 3.63) is 59.7 Å². The molecule has 23 heavy (non-hydrogen) atoms. The average molecular weight is 314 g/mol. The van der Waals surface area contributed by atoms with E-state index in [0.717, 1.165) is 5.56 Å². The van der Waals surface area contributed by atoms with E-state index in [-0.39, 0.29) is 5.75 Å². The Balaban J connectivity index is 2.06. The number of phenols is 1. The molecule has 1 atom stereocenters. The van der Waals surface area contributed by atoms with Gasteiger partial charge >= 0.3 is 0 Å². The highest BCUT2D eigenvalue weighted by atomic mass is 16.5. The van der Waals surface area contributed by atoms with E-state index in [1.807, 2.05) is 18.2 Å². The number of nitrogens with zero attached hydrogens (tertiary/aromatic N) is 1. The molecule has 0 radical (unpaired) electrons. The highest BCUT2D eigenvalue weighted by Crippen LogP contribution is 2.27. The predicted octanol–water partition coefficient (Wildman–Crippen LogP) is 2.24. The van der Waals surface area contributed by atoms with E-state index < -0.39 is 12.0 Å². The van der Waals surface area contributed by atoms with Gasteiger partial charge in [0.2, 0.25) is 0 Å². The maximum Gasteiger partial charge on any atom is 0.273 e. The van der Waals surface area contributed by atoms with Gasteiger partial charge in [-0.2, -0.15) is 5.10 Å². The summed E-state index contributed by atoms with van der Waals surface area (Å²) in [6.07, 6.45) is 0.584. The lowest BCUT2D eigenvalue weighted by Gasteiger charge is -2.13. The number of aromatic hydroxyl groups is 1. The zero-order valence-corrected chi connectivity index (χ0v) is 12.9. The summed E-state index contributed by atoms with van der Waals surface area (Å²) >= 11 is 0. The second-order valence-corrected chi connectivity index (χ2v) is 4.66. The van der Waals surface area contributed by atoms with Crippen LogP contribution in [0, 0.1) is 0 Å². The Morgan fingerprint density at radius 2 is 1.91 bits per heavy atom. The second-order valence-electron chi connectivity index (χ2n) is 4.66. The monoisotopic (exact) mass is 314 g/mol. The van der Waals surface area contributed by atoms with Crippen LogP contribution in [0.1, 0.15) is 17.2 Å². The Labute approximate surface area is 134 Å². The number of nitrogens with one attached hydrogen (secondary N) is 1. The molecular weight excluding hydrogens is 296 g/mol. The molecule has 2 N–H and O–H groups in total.